The van der Waals surface area contributed by atoms with Crippen molar-refractivity contribution in [3.8, 4) is 34.4 Å². The van der Waals surface area contributed by atoms with Crippen LogP contribution in [-0.2, 0) is 19.0 Å². The smallest absolute Gasteiger partial charge is 0.290 e. The molecular weight excluding hydrogens is 872 g/mol. The first-order valence-corrected chi connectivity index (χ1v) is 21.3. The molecule has 0 aliphatic carbocycles. The Bertz CT molecular complexity index is 2600. The normalized spacial score (nSPS) is 13.6. The number of phenols is 1. The number of para-hydroxylation sites is 1. The Kier molecular flexibility index (Phi) is 15.7. The third-order valence-corrected chi connectivity index (χ3v) is 10.9. The molecule has 3 aromatic heterocycles. The average Bonchev–Trinajstić information content (AvgIpc) is 3.84. The van der Waals surface area contributed by atoms with E-state index < -0.39 is 0 Å². The van der Waals surface area contributed by atoms with Gasteiger partial charge in [0.1, 0.15) is 35.1 Å². The van der Waals surface area contributed by atoms with Crippen LogP contribution in [0.1, 0.15) is 30.0 Å². The Balaban J connectivity index is 0.00000193. The van der Waals surface area contributed by atoms with Crippen LogP contribution in [0.5, 0.6) is 23.1 Å². The Morgan fingerprint density at radius 1 is 0.857 bits per heavy atom. The Hall–Kier alpha value is -6.37. The number of aliphatic imine (C=N–C) groups is 1. The van der Waals surface area contributed by atoms with Gasteiger partial charge in [-0.15, -0.1) is 0 Å². The van der Waals surface area contributed by atoms with Crippen LogP contribution in [-0.4, -0.2) is 123 Å². The number of nitrogen functional groups attached to an aromatic ring is 1. The van der Waals surface area contributed by atoms with Crippen LogP contribution >= 0.6 is 15.9 Å². The molecule has 0 saturated carbocycles. The Labute approximate surface area is 372 Å². The highest BCUT2D eigenvalue weighted by molar-refractivity contribution is 9.10. The number of H-pyrrole nitrogens is 1. The summed E-state index contributed by atoms with van der Waals surface area (Å²) in [6.07, 6.45) is 3.37. The lowest BCUT2D eigenvalue weighted by Gasteiger charge is -2.32. The zero-order valence-corrected chi connectivity index (χ0v) is 36.1. The van der Waals surface area contributed by atoms with Crippen molar-refractivity contribution >= 4 is 55.9 Å². The zero-order chi connectivity index (χ0) is 44.0. The van der Waals surface area contributed by atoms with Crippen molar-refractivity contribution in [2.24, 2.45) is 4.99 Å². The SMILES string of the molecule is Nc1ncnc2c1c(-c1ccc(Oc3ccccc3)cc1)nn2C1CCN(CCOCCOCCOCCN=C(c2cccc(O)c2)c2c(O)[nH]c3ccc(Br)cc23)CC1.O=CO. The fourth-order valence-electron chi connectivity index (χ4n) is 7.46. The van der Waals surface area contributed by atoms with E-state index in [2.05, 4.69) is 35.8 Å². The second-order valence-corrected chi connectivity index (χ2v) is 15.4. The molecular formula is C46H49BrN8O8. The van der Waals surface area contributed by atoms with E-state index in [1.807, 2.05) is 83.5 Å². The topological polar surface area (TPSA) is 216 Å². The van der Waals surface area contributed by atoms with Crippen LogP contribution in [0.2, 0.25) is 0 Å². The number of piperidine rings is 1. The van der Waals surface area contributed by atoms with Crippen LogP contribution in [0.25, 0.3) is 33.2 Å². The van der Waals surface area contributed by atoms with E-state index in [-0.39, 0.29) is 24.1 Å². The van der Waals surface area contributed by atoms with Crippen molar-refractivity contribution in [2.45, 2.75) is 18.9 Å². The highest BCUT2D eigenvalue weighted by Crippen LogP contribution is 2.36. The minimum absolute atomic E-state index is 0.0105. The van der Waals surface area contributed by atoms with Gasteiger partial charge in [0.25, 0.3) is 6.47 Å². The summed E-state index contributed by atoms with van der Waals surface area (Å²) in [6, 6.07) is 30.3. The van der Waals surface area contributed by atoms with Crippen molar-refractivity contribution in [1.82, 2.24) is 29.6 Å². The number of halogens is 1. The molecule has 1 fully saturated rings. The van der Waals surface area contributed by atoms with Gasteiger partial charge in [0.15, 0.2) is 11.5 Å². The van der Waals surface area contributed by atoms with Crippen molar-refractivity contribution in [2.75, 3.05) is 71.6 Å². The number of likely N-dealkylation sites (tertiary alicyclic amines) is 1. The molecule has 328 valence electrons. The molecule has 1 saturated heterocycles. The number of carbonyl (C=O) groups is 1. The van der Waals surface area contributed by atoms with Crippen LogP contribution in [0.3, 0.4) is 0 Å². The van der Waals surface area contributed by atoms with Gasteiger partial charge < -0.3 is 49.9 Å². The summed E-state index contributed by atoms with van der Waals surface area (Å²) in [5, 5.41) is 34.5. The van der Waals surface area contributed by atoms with Gasteiger partial charge in [0, 0.05) is 46.1 Å². The summed E-state index contributed by atoms with van der Waals surface area (Å²) in [7, 11) is 0. The van der Waals surface area contributed by atoms with Crippen molar-refractivity contribution in [3.05, 3.63) is 119 Å². The molecule has 63 heavy (non-hydrogen) atoms. The number of fused-ring (bicyclic) bond motifs is 2. The van der Waals surface area contributed by atoms with E-state index in [1.165, 1.54) is 6.33 Å². The molecule has 0 spiro atoms. The minimum atomic E-state index is -0.250. The number of aromatic nitrogens is 5. The number of hydrogen-bond donors (Lipinski definition) is 5. The molecule has 0 radical (unpaired) electrons. The molecule has 4 heterocycles. The predicted octanol–water partition coefficient (Wildman–Crippen LogP) is 7.45. The van der Waals surface area contributed by atoms with E-state index in [9.17, 15) is 10.2 Å². The summed E-state index contributed by atoms with van der Waals surface area (Å²) in [6.45, 7) is 5.60. The van der Waals surface area contributed by atoms with E-state index in [1.54, 1.807) is 18.2 Å². The third-order valence-electron chi connectivity index (χ3n) is 10.4. The molecule has 0 unspecified atom stereocenters. The van der Waals surface area contributed by atoms with Gasteiger partial charge in [-0.1, -0.05) is 46.3 Å². The molecule has 7 aromatic rings. The highest BCUT2D eigenvalue weighted by Gasteiger charge is 2.26. The van der Waals surface area contributed by atoms with E-state index in [0.29, 0.717) is 68.8 Å². The second-order valence-electron chi connectivity index (χ2n) is 14.5. The fourth-order valence-corrected chi connectivity index (χ4v) is 7.82. The molecule has 1 aliphatic heterocycles. The largest absolute Gasteiger partial charge is 0.508 e. The zero-order valence-electron chi connectivity index (χ0n) is 34.5. The number of phenolic OH excluding ortho intramolecular Hbond substituents is 1. The maximum Gasteiger partial charge on any atom is 0.290 e. The lowest BCUT2D eigenvalue weighted by Crippen LogP contribution is -2.37. The van der Waals surface area contributed by atoms with Crippen molar-refractivity contribution < 1.29 is 39.1 Å². The number of nitrogens with two attached hydrogens (primary N) is 1. The van der Waals surface area contributed by atoms with E-state index in [4.69, 9.17) is 44.7 Å². The molecule has 4 aromatic carbocycles. The van der Waals surface area contributed by atoms with Crippen LogP contribution in [0, 0.1) is 0 Å². The van der Waals surface area contributed by atoms with Gasteiger partial charge in [-0.3, -0.25) is 9.79 Å². The molecule has 0 bridgehead atoms. The van der Waals surface area contributed by atoms with Crippen LogP contribution in [0.4, 0.5) is 5.82 Å². The molecule has 16 nitrogen and oxygen atoms in total. The number of hydrogen-bond acceptors (Lipinski definition) is 13. The van der Waals surface area contributed by atoms with Crippen molar-refractivity contribution in [1.29, 1.82) is 0 Å². The molecule has 0 atom stereocenters. The minimum Gasteiger partial charge on any atom is -0.508 e. The highest BCUT2D eigenvalue weighted by atomic mass is 79.9. The summed E-state index contributed by atoms with van der Waals surface area (Å²) in [5.41, 5.74) is 11.4. The van der Waals surface area contributed by atoms with Gasteiger partial charge in [0.2, 0.25) is 0 Å². The number of benzene rings is 4. The fraction of sp³-hybridized carbons (Fsp3) is 0.283. The summed E-state index contributed by atoms with van der Waals surface area (Å²) in [4.78, 5) is 27.5. The number of carboxylic acid groups (broad SMARTS) is 1. The number of nitrogens with one attached hydrogen (secondary N) is 1. The van der Waals surface area contributed by atoms with Crippen molar-refractivity contribution in [3.63, 3.8) is 0 Å². The standard InChI is InChI=1S/C45H47BrN8O6.CH2O2/c46-32-11-14-38-37(28-32)39(45(56)51-38)41(31-5-4-6-34(55)27-31)48-17-21-57-23-25-59-26-24-58-22-20-53-18-15-33(16-19-53)54-44-40(43(47)49-29-50-44)42(52-54)30-9-12-36(13-10-30)60-35-7-2-1-3-8-35;2-1-3/h1-14,27-29,33,51,55-56H,15-26H2,(H2,47,49,50);1H,(H,2,3). The van der Waals surface area contributed by atoms with Crippen LogP contribution in [0.15, 0.2) is 113 Å². The number of rotatable bonds is 18. The van der Waals surface area contributed by atoms with Gasteiger partial charge in [-0.2, -0.15) is 5.10 Å². The first-order valence-electron chi connectivity index (χ1n) is 20.5. The number of anilines is 1. The lowest BCUT2D eigenvalue weighted by molar-refractivity contribution is -0.122. The Morgan fingerprint density at radius 3 is 2.29 bits per heavy atom. The van der Waals surface area contributed by atoms with Gasteiger partial charge in [-0.05, 0) is 79.6 Å². The molecule has 1 aliphatic rings. The average molecular weight is 922 g/mol. The summed E-state index contributed by atoms with van der Waals surface area (Å²) < 4.78 is 26.3. The predicted molar refractivity (Wildman–Crippen MR) is 244 cm³/mol. The van der Waals surface area contributed by atoms with Gasteiger partial charge in [0.05, 0.1) is 68.9 Å². The molecule has 0 amide bonds. The maximum absolute atomic E-state index is 10.8. The van der Waals surface area contributed by atoms with Gasteiger partial charge >= 0.3 is 0 Å². The van der Waals surface area contributed by atoms with Gasteiger partial charge in [-0.25, -0.2) is 14.6 Å². The maximum atomic E-state index is 10.8. The monoisotopic (exact) mass is 920 g/mol. The quantitative estimate of drug-likeness (QED) is 0.0322. The van der Waals surface area contributed by atoms with Crippen LogP contribution < -0.4 is 10.5 Å². The number of aromatic amines is 1. The number of nitrogens with zero attached hydrogens (tertiary/aromatic N) is 6. The molecule has 8 rings (SSSR count). The molecule has 17 heteroatoms. The second kappa shape index (κ2) is 22.1. The number of ether oxygens (including phenoxy) is 4. The Morgan fingerprint density at radius 2 is 1.56 bits per heavy atom. The first-order chi connectivity index (χ1) is 30.8. The molecule has 6 N–H and O–H groups in total. The van der Waals surface area contributed by atoms with E-state index >= 15 is 0 Å². The lowest BCUT2D eigenvalue weighted by atomic mass is 10.0. The first kappa shape index (κ1) is 44.7. The summed E-state index contributed by atoms with van der Waals surface area (Å²) >= 11 is 3.52. The summed E-state index contributed by atoms with van der Waals surface area (Å²) in [5.74, 6) is 2.06. The number of aromatic hydroxyl groups is 2. The third kappa shape index (κ3) is 11.6. The van der Waals surface area contributed by atoms with E-state index in [0.717, 1.165) is 81.6 Å².